The molecule has 0 aliphatic carbocycles. The van der Waals surface area contributed by atoms with E-state index in [0.29, 0.717) is 40.1 Å². The van der Waals surface area contributed by atoms with Gasteiger partial charge in [-0.15, -0.1) is 0 Å². The lowest BCUT2D eigenvalue weighted by atomic mass is 10.2. The number of fused-ring (bicyclic) bond motifs is 1. The monoisotopic (exact) mass is 418 g/mol. The van der Waals surface area contributed by atoms with E-state index in [9.17, 15) is 9.59 Å². The van der Waals surface area contributed by atoms with Gasteiger partial charge in [-0.3, -0.25) is 13.9 Å². The van der Waals surface area contributed by atoms with Gasteiger partial charge >= 0.3 is 5.69 Å². The van der Waals surface area contributed by atoms with Crippen molar-refractivity contribution in [2.45, 2.75) is 64.3 Å². The van der Waals surface area contributed by atoms with E-state index in [1.54, 1.807) is 11.5 Å². The average Bonchev–Trinajstić information content (AvgIpc) is 3.12. The first-order valence-electron chi connectivity index (χ1n) is 9.70. The summed E-state index contributed by atoms with van der Waals surface area (Å²) in [5, 5.41) is 4.63. The van der Waals surface area contributed by atoms with E-state index in [1.165, 1.54) is 18.8 Å². The summed E-state index contributed by atoms with van der Waals surface area (Å²) in [6.07, 6.45) is 1.68. The molecule has 0 fully saturated rings. The van der Waals surface area contributed by atoms with Crippen LogP contribution >= 0.6 is 11.8 Å². The van der Waals surface area contributed by atoms with Crippen LogP contribution < -0.4 is 11.2 Å². The van der Waals surface area contributed by atoms with Crippen LogP contribution in [0.5, 0.6) is 0 Å². The van der Waals surface area contributed by atoms with E-state index in [0.717, 1.165) is 17.4 Å². The van der Waals surface area contributed by atoms with Crippen LogP contribution in [-0.4, -0.2) is 29.2 Å². The maximum absolute atomic E-state index is 12.9. The molecule has 29 heavy (non-hydrogen) atoms. The van der Waals surface area contributed by atoms with Crippen LogP contribution in [0.15, 0.2) is 19.1 Å². The Morgan fingerprint density at radius 1 is 1.14 bits per heavy atom. The van der Waals surface area contributed by atoms with Crippen molar-refractivity contribution >= 4 is 22.8 Å². The Balaban J connectivity index is 2.13. The summed E-state index contributed by atoms with van der Waals surface area (Å²) in [7, 11) is 1.48. The van der Waals surface area contributed by atoms with E-state index in [1.807, 2.05) is 20.8 Å². The van der Waals surface area contributed by atoms with E-state index >= 15 is 0 Å². The van der Waals surface area contributed by atoms with Gasteiger partial charge in [-0.25, -0.2) is 14.8 Å². The molecule has 3 aromatic rings. The Labute approximate surface area is 172 Å². The van der Waals surface area contributed by atoms with Crippen LogP contribution in [0.2, 0.25) is 0 Å². The van der Waals surface area contributed by atoms with Crippen molar-refractivity contribution in [3.05, 3.63) is 38.4 Å². The number of thioether (sulfide) groups is 1. The first-order valence-corrected chi connectivity index (χ1v) is 10.6. The second kappa shape index (κ2) is 8.48. The summed E-state index contributed by atoms with van der Waals surface area (Å²) in [6, 6.07) is 0. The zero-order valence-corrected chi connectivity index (χ0v) is 18.4. The predicted molar refractivity (Wildman–Crippen MR) is 111 cm³/mol. The maximum Gasteiger partial charge on any atom is 0.332 e. The lowest BCUT2D eigenvalue weighted by Crippen LogP contribution is -2.39. The molecule has 0 bridgehead atoms. The topological polar surface area (TPSA) is 109 Å². The van der Waals surface area contributed by atoms with Crippen LogP contribution in [0.25, 0.3) is 11.0 Å². The summed E-state index contributed by atoms with van der Waals surface area (Å²) in [5.74, 6) is 1.86. The van der Waals surface area contributed by atoms with Crippen molar-refractivity contribution in [3.8, 4) is 0 Å². The zero-order valence-electron chi connectivity index (χ0n) is 17.6. The van der Waals surface area contributed by atoms with Gasteiger partial charge in [-0.2, -0.15) is 4.98 Å². The SMILES string of the molecule is CCCc1noc(C(C)Sc2nc(C)nc3c2c(=O)n(C)c(=O)n3CC(C)C)n1. The van der Waals surface area contributed by atoms with Gasteiger partial charge in [0.25, 0.3) is 5.56 Å². The molecular formula is C19H26N6O3S. The summed E-state index contributed by atoms with van der Waals surface area (Å²) in [6.45, 7) is 10.2. The molecule has 0 aliphatic heterocycles. The number of aromatic nitrogens is 6. The van der Waals surface area contributed by atoms with E-state index in [2.05, 4.69) is 27.0 Å². The van der Waals surface area contributed by atoms with Crippen molar-refractivity contribution in [1.82, 2.24) is 29.2 Å². The third-order valence-corrected chi connectivity index (χ3v) is 5.48. The Hall–Kier alpha value is -2.49. The second-order valence-electron chi connectivity index (χ2n) is 7.48. The van der Waals surface area contributed by atoms with Crippen molar-refractivity contribution in [2.24, 2.45) is 13.0 Å². The maximum atomic E-state index is 12.9. The standard InChI is InChI=1S/C19H26N6O3S/c1-7-8-13-22-16(28-23-13)11(4)29-17-14-15(20-12(5)21-17)25(9-10(2)3)19(27)24(6)18(14)26/h10-11H,7-9H2,1-6H3. The van der Waals surface area contributed by atoms with Gasteiger partial charge in [-0.1, -0.05) is 37.7 Å². The number of hydrogen-bond donors (Lipinski definition) is 0. The first kappa shape index (κ1) is 21.2. The lowest BCUT2D eigenvalue weighted by molar-refractivity contribution is 0.374. The second-order valence-corrected chi connectivity index (χ2v) is 8.81. The molecule has 156 valence electrons. The quantitative estimate of drug-likeness (QED) is 0.425. The summed E-state index contributed by atoms with van der Waals surface area (Å²) in [4.78, 5) is 39.0. The first-order chi connectivity index (χ1) is 13.7. The summed E-state index contributed by atoms with van der Waals surface area (Å²) in [5.41, 5.74) is -0.414. The minimum Gasteiger partial charge on any atom is -0.338 e. The largest absolute Gasteiger partial charge is 0.338 e. The molecule has 3 rings (SSSR count). The van der Waals surface area contributed by atoms with Crippen molar-refractivity contribution in [2.75, 3.05) is 0 Å². The highest BCUT2D eigenvalue weighted by atomic mass is 32.2. The number of aryl methyl sites for hydroxylation is 2. The van der Waals surface area contributed by atoms with E-state index < -0.39 is 5.56 Å². The lowest BCUT2D eigenvalue weighted by Gasteiger charge is -2.15. The normalized spacial score (nSPS) is 12.8. The molecule has 0 N–H and O–H groups in total. The smallest absolute Gasteiger partial charge is 0.332 e. The summed E-state index contributed by atoms with van der Waals surface area (Å²) < 4.78 is 8.05. The zero-order chi connectivity index (χ0) is 21.3. The van der Waals surface area contributed by atoms with Gasteiger partial charge in [0.1, 0.15) is 16.2 Å². The Morgan fingerprint density at radius 2 is 1.86 bits per heavy atom. The molecule has 0 aromatic carbocycles. The van der Waals surface area contributed by atoms with Crippen molar-refractivity contribution in [1.29, 1.82) is 0 Å². The average molecular weight is 419 g/mol. The number of hydrogen-bond acceptors (Lipinski definition) is 8. The third kappa shape index (κ3) is 4.26. The van der Waals surface area contributed by atoms with Gasteiger partial charge in [-0.05, 0) is 26.2 Å². The van der Waals surface area contributed by atoms with Gasteiger partial charge in [0, 0.05) is 20.0 Å². The molecule has 10 heteroatoms. The number of rotatable bonds is 7. The molecular weight excluding hydrogens is 392 g/mol. The Morgan fingerprint density at radius 3 is 2.52 bits per heavy atom. The van der Waals surface area contributed by atoms with E-state index in [4.69, 9.17) is 4.52 Å². The molecule has 3 heterocycles. The molecule has 0 amide bonds. The van der Waals surface area contributed by atoms with Gasteiger partial charge < -0.3 is 4.52 Å². The Kier molecular flexibility index (Phi) is 6.21. The van der Waals surface area contributed by atoms with Crippen LogP contribution in [0.4, 0.5) is 0 Å². The molecule has 0 aliphatic rings. The van der Waals surface area contributed by atoms with E-state index in [-0.39, 0.29) is 16.9 Å². The van der Waals surface area contributed by atoms with Crippen molar-refractivity contribution < 1.29 is 4.52 Å². The van der Waals surface area contributed by atoms with Crippen molar-refractivity contribution in [3.63, 3.8) is 0 Å². The summed E-state index contributed by atoms with van der Waals surface area (Å²) >= 11 is 1.35. The highest BCUT2D eigenvalue weighted by molar-refractivity contribution is 7.99. The highest BCUT2D eigenvalue weighted by Crippen LogP contribution is 2.35. The van der Waals surface area contributed by atoms with Gasteiger partial charge in [0.2, 0.25) is 5.89 Å². The van der Waals surface area contributed by atoms with Gasteiger partial charge in [0.05, 0.1) is 5.25 Å². The fourth-order valence-corrected chi connectivity index (χ4v) is 4.04. The molecule has 0 saturated heterocycles. The molecule has 0 spiro atoms. The minimum atomic E-state index is -0.406. The fraction of sp³-hybridized carbons (Fsp3) is 0.579. The van der Waals surface area contributed by atoms with Crippen LogP contribution in [0.3, 0.4) is 0 Å². The highest BCUT2D eigenvalue weighted by Gasteiger charge is 2.22. The molecule has 1 atom stereocenters. The molecule has 0 radical (unpaired) electrons. The molecule has 0 saturated carbocycles. The minimum absolute atomic E-state index is 0.208. The molecule has 9 nitrogen and oxygen atoms in total. The van der Waals surface area contributed by atoms with Crippen LogP contribution in [0.1, 0.15) is 56.9 Å². The van der Waals surface area contributed by atoms with Crippen LogP contribution in [-0.2, 0) is 20.0 Å². The Bertz CT molecular complexity index is 1150. The predicted octanol–water partition coefficient (Wildman–Crippen LogP) is 2.64. The third-order valence-electron chi connectivity index (χ3n) is 4.40. The fourth-order valence-electron chi connectivity index (χ4n) is 3.03. The van der Waals surface area contributed by atoms with Gasteiger partial charge in [0.15, 0.2) is 11.5 Å². The molecule has 1 unspecified atom stereocenters. The number of nitrogens with zero attached hydrogens (tertiary/aromatic N) is 6. The molecule has 3 aromatic heterocycles. The van der Waals surface area contributed by atoms with Crippen LogP contribution in [0, 0.1) is 12.8 Å².